The van der Waals surface area contributed by atoms with Crippen LogP contribution in [-0.2, 0) is 7.05 Å². The molecule has 0 aromatic carbocycles. The van der Waals surface area contributed by atoms with Crippen molar-refractivity contribution < 1.29 is 9.36 Å². The molecular weight excluding hydrogens is 104 g/mol. The first-order valence-electron chi connectivity index (χ1n) is 2.32. The van der Waals surface area contributed by atoms with Crippen LogP contribution in [0.15, 0.2) is 12.5 Å². The molecule has 3 heteroatoms. The number of carbonyl (C=O) groups is 1. The van der Waals surface area contributed by atoms with E-state index in [4.69, 9.17) is 0 Å². The Labute approximate surface area is 47.0 Å². The fraction of sp³-hybridized carbons (Fsp3) is 0.200. The topological polar surface area (TPSA) is 36.7 Å². The number of nitrogens with one attached hydrogen (secondary N) is 1. The molecule has 1 N–H and O–H groups in total. The highest BCUT2D eigenvalue weighted by molar-refractivity contribution is 5.68. The third-order valence-corrected chi connectivity index (χ3v) is 1.03. The molecule has 0 radical (unpaired) electrons. The number of imidazole rings is 1. The van der Waals surface area contributed by atoms with Gasteiger partial charge < -0.3 is 0 Å². The van der Waals surface area contributed by atoms with Crippen LogP contribution >= 0.6 is 0 Å². The second kappa shape index (κ2) is 1.78. The molecular formula is C5H7N2O+. The normalized spacial score (nSPS) is 9.12. The van der Waals surface area contributed by atoms with E-state index in [9.17, 15) is 4.79 Å². The van der Waals surface area contributed by atoms with E-state index in [0.717, 1.165) is 6.29 Å². The van der Waals surface area contributed by atoms with Gasteiger partial charge in [0.05, 0.1) is 7.05 Å². The number of aromatic amines is 1. The van der Waals surface area contributed by atoms with Gasteiger partial charge in [-0.1, -0.05) is 0 Å². The number of nitrogens with zero attached hydrogens (tertiary/aromatic N) is 1. The Kier molecular flexibility index (Phi) is 1.12. The van der Waals surface area contributed by atoms with E-state index in [-0.39, 0.29) is 0 Å². The van der Waals surface area contributed by atoms with Crippen molar-refractivity contribution in [3.63, 3.8) is 0 Å². The quantitative estimate of drug-likeness (QED) is 0.390. The second-order valence-electron chi connectivity index (χ2n) is 1.59. The summed E-state index contributed by atoms with van der Waals surface area (Å²) in [7, 11) is 1.81. The van der Waals surface area contributed by atoms with Crippen molar-refractivity contribution in [2.45, 2.75) is 0 Å². The first kappa shape index (κ1) is 5.03. The number of hydrogen-bond acceptors (Lipinski definition) is 1. The van der Waals surface area contributed by atoms with Crippen molar-refractivity contribution >= 4 is 6.29 Å². The molecule has 0 spiro atoms. The highest BCUT2D eigenvalue weighted by Gasteiger charge is 1.98. The molecule has 1 aromatic heterocycles. The summed E-state index contributed by atoms with van der Waals surface area (Å²) in [5.41, 5.74) is 0.657. The molecule has 1 rings (SSSR count). The van der Waals surface area contributed by atoms with Crippen molar-refractivity contribution in [2.75, 3.05) is 0 Å². The molecule has 0 fully saturated rings. The maximum absolute atomic E-state index is 10.0. The predicted octanol–water partition coefficient (Wildman–Crippen LogP) is -0.348. The maximum Gasteiger partial charge on any atom is 0.241 e. The van der Waals surface area contributed by atoms with Gasteiger partial charge in [-0.05, 0) is 0 Å². The summed E-state index contributed by atoms with van der Waals surface area (Å²) in [5, 5.41) is 0. The molecule has 0 aliphatic heterocycles. The zero-order chi connectivity index (χ0) is 5.98. The van der Waals surface area contributed by atoms with E-state index in [1.165, 1.54) is 0 Å². The van der Waals surface area contributed by atoms with Gasteiger partial charge in [-0.15, -0.1) is 0 Å². The number of aldehydes is 1. The van der Waals surface area contributed by atoms with Crippen molar-refractivity contribution in [1.82, 2.24) is 4.98 Å². The molecule has 1 aromatic rings. The molecule has 0 bridgehead atoms. The Morgan fingerprint density at radius 3 is 2.88 bits per heavy atom. The number of aryl methyl sites for hydroxylation is 1. The highest BCUT2D eigenvalue weighted by atomic mass is 16.1. The number of H-pyrrole nitrogens is 1. The van der Waals surface area contributed by atoms with Gasteiger partial charge in [0.25, 0.3) is 0 Å². The van der Waals surface area contributed by atoms with Gasteiger partial charge in [0, 0.05) is 0 Å². The average molecular weight is 111 g/mol. The molecule has 0 atom stereocenters. The summed E-state index contributed by atoms with van der Waals surface area (Å²) in [5.74, 6) is 0. The lowest BCUT2D eigenvalue weighted by molar-refractivity contribution is -0.671. The minimum Gasteiger partial charge on any atom is -0.294 e. The Balaban J connectivity index is 3.09. The van der Waals surface area contributed by atoms with Gasteiger partial charge in [-0.3, -0.25) is 4.79 Å². The largest absolute Gasteiger partial charge is 0.294 e. The van der Waals surface area contributed by atoms with E-state index in [1.807, 2.05) is 0 Å². The SMILES string of the molecule is C[n+]1c[nH]cc1C=O. The summed E-state index contributed by atoms with van der Waals surface area (Å²) in [4.78, 5) is 12.8. The Hall–Kier alpha value is -1.12. The first-order chi connectivity index (χ1) is 3.84. The van der Waals surface area contributed by atoms with E-state index >= 15 is 0 Å². The van der Waals surface area contributed by atoms with Crippen LogP contribution in [0.1, 0.15) is 10.5 Å². The van der Waals surface area contributed by atoms with Gasteiger partial charge >= 0.3 is 0 Å². The summed E-state index contributed by atoms with van der Waals surface area (Å²) in [6.45, 7) is 0. The van der Waals surface area contributed by atoms with Gasteiger partial charge in [-0.25, -0.2) is 9.55 Å². The van der Waals surface area contributed by atoms with Crippen LogP contribution in [0, 0.1) is 0 Å². The van der Waals surface area contributed by atoms with E-state index in [0.29, 0.717) is 5.69 Å². The zero-order valence-corrected chi connectivity index (χ0v) is 4.59. The summed E-state index contributed by atoms with van der Waals surface area (Å²) < 4.78 is 1.72. The van der Waals surface area contributed by atoms with Crippen molar-refractivity contribution in [2.24, 2.45) is 7.05 Å². The van der Waals surface area contributed by atoms with Crippen LogP contribution in [0.2, 0.25) is 0 Å². The van der Waals surface area contributed by atoms with Crippen molar-refractivity contribution in [1.29, 1.82) is 0 Å². The van der Waals surface area contributed by atoms with Gasteiger partial charge in [0.15, 0.2) is 6.29 Å². The third-order valence-electron chi connectivity index (χ3n) is 1.03. The summed E-state index contributed by atoms with van der Waals surface area (Å²) >= 11 is 0. The van der Waals surface area contributed by atoms with Crippen LogP contribution in [0.25, 0.3) is 0 Å². The minimum absolute atomic E-state index is 0.657. The molecule has 0 saturated heterocycles. The smallest absolute Gasteiger partial charge is 0.241 e. The standard InChI is InChI=1S/C5H6N2O/c1-7-4-6-2-5(7)3-8/h2-4H,1H3/p+1. The zero-order valence-electron chi connectivity index (χ0n) is 4.59. The monoisotopic (exact) mass is 111 g/mol. The van der Waals surface area contributed by atoms with Crippen molar-refractivity contribution in [3.8, 4) is 0 Å². The Morgan fingerprint density at radius 1 is 1.88 bits per heavy atom. The third kappa shape index (κ3) is 0.621. The van der Waals surface area contributed by atoms with Crippen LogP contribution in [0.4, 0.5) is 0 Å². The lowest BCUT2D eigenvalue weighted by atomic mass is 10.5. The molecule has 0 unspecified atom stereocenters. The first-order valence-corrected chi connectivity index (χ1v) is 2.32. The van der Waals surface area contributed by atoms with E-state index < -0.39 is 0 Å². The maximum atomic E-state index is 10.0. The highest BCUT2D eigenvalue weighted by Crippen LogP contribution is 1.77. The predicted molar refractivity (Wildman–Crippen MR) is 27.4 cm³/mol. The lowest BCUT2D eigenvalue weighted by Crippen LogP contribution is -2.29. The molecule has 3 nitrogen and oxygen atoms in total. The molecule has 0 saturated carbocycles. The number of hydrogen-bond donors (Lipinski definition) is 1. The van der Waals surface area contributed by atoms with Gasteiger partial charge in [0.2, 0.25) is 12.0 Å². The average Bonchev–Trinajstić information content (AvgIpc) is 2.14. The van der Waals surface area contributed by atoms with Crippen LogP contribution < -0.4 is 4.57 Å². The molecule has 42 valence electrons. The molecule has 0 aliphatic rings. The van der Waals surface area contributed by atoms with Gasteiger partial charge in [0.1, 0.15) is 6.20 Å². The summed E-state index contributed by atoms with van der Waals surface area (Å²) in [6.07, 6.45) is 4.16. The van der Waals surface area contributed by atoms with Crippen LogP contribution in [-0.4, -0.2) is 11.3 Å². The molecule has 0 aliphatic carbocycles. The number of rotatable bonds is 1. The fourth-order valence-electron chi connectivity index (χ4n) is 0.528. The van der Waals surface area contributed by atoms with Crippen molar-refractivity contribution in [3.05, 3.63) is 18.2 Å². The Morgan fingerprint density at radius 2 is 2.62 bits per heavy atom. The Bertz CT molecular complexity index is 192. The molecule has 0 amide bonds. The lowest BCUT2D eigenvalue weighted by Gasteiger charge is -1.77. The van der Waals surface area contributed by atoms with Crippen LogP contribution in [0.3, 0.4) is 0 Å². The van der Waals surface area contributed by atoms with Crippen LogP contribution in [0.5, 0.6) is 0 Å². The molecule has 8 heavy (non-hydrogen) atoms. The van der Waals surface area contributed by atoms with E-state index in [1.54, 1.807) is 24.1 Å². The van der Waals surface area contributed by atoms with Gasteiger partial charge in [-0.2, -0.15) is 0 Å². The second-order valence-corrected chi connectivity index (χ2v) is 1.59. The minimum atomic E-state index is 0.657. The van der Waals surface area contributed by atoms with E-state index in [2.05, 4.69) is 4.98 Å². The fourth-order valence-corrected chi connectivity index (χ4v) is 0.528. The number of aromatic nitrogens is 2. The molecule has 1 heterocycles. The number of carbonyl (C=O) groups excluding carboxylic acids is 1. The summed E-state index contributed by atoms with van der Waals surface area (Å²) in [6, 6.07) is 0.